The quantitative estimate of drug-likeness (QED) is 0.870. The Balaban J connectivity index is 2.86. The van der Waals surface area contributed by atoms with E-state index in [1.807, 2.05) is 24.1 Å². The third-order valence-corrected chi connectivity index (χ3v) is 2.76. The predicted octanol–water partition coefficient (Wildman–Crippen LogP) is 1.79. The predicted molar refractivity (Wildman–Crippen MR) is 71.7 cm³/mol. The van der Waals surface area contributed by atoms with Gasteiger partial charge >= 0.3 is 0 Å². The Morgan fingerprint density at radius 3 is 2.41 bits per heavy atom. The van der Waals surface area contributed by atoms with E-state index in [4.69, 9.17) is 5.73 Å². The van der Waals surface area contributed by atoms with Gasteiger partial charge in [0.25, 0.3) is 0 Å². The Morgan fingerprint density at radius 2 is 2.06 bits per heavy atom. The molecule has 98 valence electrons. The number of aryl methyl sites for hydroxylation is 1. The maximum absolute atomic E-state index is 6.12. The number of nitrogens with zero attached hydrogens (tertiary/aromatic N) is 3. The van der Waals surface area contributed by atoms with Gasteiger partial charge in [-0.25, -0.2) is 0 Å². The third-order valence-electron chi connectivity index (χ3n) is 2.76. The van der Waals surface area contributed by atoms with Gasteiger partial charge in [0.15, 0.2) is 0 Å². The van der Waals surface area contributed by atoms with Crippen LogP contribution in [0.3, 0.4) is 0 Å². The maximum Gasteiger partial charge on any atom is 0.0538 e. The van der Waals surface area contributed by atoms with Crippen LogP contribution in [0.15, 0.2) is 12.4 Å². The summed E-state index contributed by atoms with van der Waals surface area (Å²) in [7, 11) is 4.07. The SMILES string of the molecule is CC(N)C(c1cnn(C)c1)N(C)CC(C)(C)C. The van der Waals surface area contributed by atoms with Crippen molar-refractivity contribution in [2.75, 3.05) is 13.6 Å². The molecular formula is C13H26N4. The number of hydrogen-bond acceptors (Lipinski definition) is 3. The normalized spacial score (nSPS) is 16.2. The smallest absolute Gasteiger partial charge is 0.0538 e. The average Bonchev–Trinajstić information content (AvgIpc) is 2.47. The molecule has 1 heterocycles. The van der Waals surface area contributed by atoms with E-state index in [1.54, 1.807) is 0 Å². The summed E-state index contributed by atoms with van der Waals surface area (Å²) in [4.78, 5) is 2.32. The van der Waals surface area contributed by atoms with Crippen molar-refractivity contribution in [3.05, 3.63) is 18.0 Å². The molecule has 17 heavy (non-hydrogen) atoms. The number of rotatable bonds is 4. The van der Waals surface area contributed by atoms with Crippen molar-refractivity contribution in [1.82, 2.24) is 14.7 Å². The highest BCUT2D eigenvalue weighted by atomic mass is 15.2. The lowest BCUT2D eigenvalue weighted by Crippen LogP contribution is -2.40. The molecule has 0 saturated carbocycles. The summed E-state index contributed by atoms with van der Waals surface area (Å²) in [6.45, 7) is 9.78. The fourth-order valence-corrected chi connectivity index (χ4v) is 2.40. The Morgan fingerprint density at radius 1 is 1.47 bits per heavy atom. The van der Waals surface area contributed by atoms with Crippen molar-refractivity contribution >= 4 is 0 Å². The van der Waals surface area contributed by atoms with E-state index in [0.717, 1.165) is 6.54 Å². The van der Waals surface area contributed by atoms with Crippen LogP contribution in [-0.2, 0) is 7.05 Å². The zero-order valence-corrected chi connectivity index (χ0v) is 11.9. The molecule has 0 spiro atoms. The van der Waals surface area contributed by atoms with Crippen molar-refractivity contribution in [2.24, 2.45) is 18.2 Å². The van der Waals surface area contributed by atoms with Crippen LogP contribution in [0.1, 0.15) is 39.3 Å². The highest BCUT2D eigenvalue weighted by molar-refractivity contribution is 5.12. The number of aromatic nitrogens is 2. The minimum Gasteiger partial charge on any atom is -0.326 e. The van der Waals surface area contributed by atoms with Crippen LogP contribution < -0.4 is 5.73 Å². The van der Waals surface area contributed by atoms with E-state index in [0.29, 0.717) is 0 Å². The highest BCUT2D eigenvalue weighted by Gasteiger charge is 2.25. The van der Waals surface area contributed by atoms with Gasteiger partial charge < -0.3 is 5.73 Å². The first-order valence-corrected chi connectivity index (χ1v) is 6.15. The molecule has 0 bridgehead atoms. The average molecular weight is 238 g/mol. The molecule has 2 N–H and O–H groups in total. The standard InChI is InChI=1S/C13H26N4/c1-10(14)12(11-7-15-17(6)8-11)16(5)9-13(2,3)4/h7-8,10,12H,9,14H2,1-6H3. The molecule has 1 aromatic heterocycles. The van der Waals surface area contributed by atoms with Crippen LogP contribution in [0.4, 0.5) is 0 Å². The summed E-state index contributed by atoms with van der Waals surface area (Å²) in [5, 5.41) is 4.23. The second kappa shape index (κ2) is 5.19. The lowest BCUT2D eigenvalue weighted by atomic mass is 9.93. The van der Waals surface area contributed by atoms with Crippen molar-refractivity contribution in [3.63, 3.8) is 0 Å². The van der Waals surface area contributed by atoms with E-state index < -0.39 is 0 Å². The van der Waals surface area contributed by atoms with Gasteiger partial charge in [0.1, 0.15) is 0 Å². The van der Waals surface area contributed by atoms with Gasteiger partial charge in [0.2, 0.25) is 0 Å². The summed E-state index contributed by atoms with van der Waals surface area (Å²) >= 11 is 0. The van der Waals surface area contributed by atoms with E-state index >= 15 is 0 Å². The molecule has 1 rings (SSSR count). The Hall–Kier alpha value is -0.870. The highest BCUT2D eigenvalue weighted by Crippen LogP contribution is 2.25. The Kier molecular flexibility index (Phi) is 4.33. The third kappa shape index (κ3) is 4.13. The molecular weight excluding hydrogens is 212 g/mol. The fraction of sp³-hybridized carbons (Fsp3) is 0.769. The van der Waals surface area contributed by atoms with E-state index in [-0.39, 0.29) is 17.5 Å². The summed E-state index contributed by atoms with van der Waals surface area (Å²) in [5.41, 5.74) is 7.58. The van der Waals surface area contributed by atoms with E-state index in [2.05, 4.69) is 44.7 Å². The largest absolute Gasteiger partial charge is 0.326 e. The zero-order valence-electron chi connectivity index (χ0n) is 11.9. The molecule has 0 amide bonds. The number of likely N-dealkylation sites (N-methyl/N-ethyl adjacent to an activating group) is 1. The van der Waals surface area contributed by atoms with Gasteiger partial charge in [-0.3, -0.25) is 9.58 Å². The van der Waals surface area contributed by atoms with Gasteiger partial charge in [0.05, 0.1) is 12.2 Å². The second-order valence-corrected chi connectivity index (χ2v) is 6.23. The van der Waals surface area contributed by atoms with Crippen molar-refractivity contribution in [1.29, 1.82) is 0 Å². The Labute approximate surface area is 105 Å². The summed E-state index contributed by atoms with van der Waals surface area (Å²) < 4.78 is 1.83. The molecule has 0 fully saturated rings. The van der Waals surface area contributed by atoms with Crippen molar-refractivity contribution in [3.8, 4) is 0 Å². The first-order chi connectivity index (χ1) is 7.70. The van der Waals surface area contributed by atoms with Crippen LogP contribution in [0, 0.1) is 5.41 Å². The Bertz CT molecular complexity index is 349. The van der Waals surface area contributed by atoms with Crippen molar-refractivity contribution < 1.29 is 0 Å². The van der Waals surface area contributed by atoms with Gasteiger partial charge in [-0.05, 0) is 19.4 Å². The van der Waals surface area contributed by atoms with Crippen LogP contribution in [0.5, 0.6) is 0 Å². The first-order valence-electron chi connectivity index (χ1n) is 6.15. The summed E-state index contributed by atoms with van der Waals surface area (Å²) in [5.74, 6) is 0. The monoisotopic (exact) mass is 238 g/mol. The lowest BCUT2D eigenvalue weighted by molar-refractivity contribution is 0.156. The minimum atomic E-state index is 0.0894. The first kappa shape index (κ1) is 14.2. The van der Waals surface area contributed by atoms with Crippen molar-refractivity contribution in [2.45, 2.75) is 39.8 Å². The molecule has 0 aliphatic rings. The van der Waals surface area contributed by atoms with Crippen LogP contribution >= 0.6 is 0 Å². The molecule has 0 aromatic carbocycles. The van der Waals surface area contributed by atoms with Gasteiger partial charge in [-0.15, -0.1) is 0 Å². The van der Waals surface area contributed by atoms with Gasteiger partial charge in [0, 0.05) is 31.4 Å². The second-order valence-electron chi connectivity index (χ2n) is 6.23. The van der Waals surface area contributed by atoms with Crippen LogP contribution in [-0.4, -0.2) is 34.3 Å². The summed E-state index contributed by atoms with van der Waals surface area (Å²) in [6, 6.07) is 0.314. The molecule has 2 atom stereocenters. The molecule has 1 aromatic rings. The van der Waals surface area contributed by atoms with Gasteiger partial charge in [-0.2, -0.15) is 5.10 Å². The molecule has 0 saturated heterocycles. The molecule has 0 aliphatic carbocycles. The fourth-order valence-electron chi connectivity index (χ4n) is 2.40. The van der Waals surface area contributed by atoms with Crippen LogP contribution in [0.25, 0.3) is 0 Å². The summed E-state index contributed by atoms with van der Waals surface area (Å²) in [6.07, 6.45) is 3.96. The minimum absolute atomic E-state index is 0.0894. The number of hydrogen-bond donors (Lipinski definition) is 1. The molecule has 0 radical (unpaired) electrons. The molecule has 4 nitrogen and oxygen atoms in total. The zero-order chi connectivity index (χ0) is 13.2. The van der Waals surface area contributed by atoms with Crippen LogP contribution in [0.2, 0.25) is 0 Å². The lowest BCUT2D eigenvalue weighted by Gasteiger charge is -2.35. The van der Waals surface area contributed by atoms with E-state index in [1.165, 1.54) is 5.56 Å². The molecule has 0 aliphatic heterocycles. The molecule has 2 unspecified atom stereocenters. The topological polar surface area (TPSA) is 47.1 Å². The molecule has 4 heteroatoms. The maximum atomic E-state index is 6.12. The van der Waals surface area contributed by atoms with Gasteiger partial charge in [-0.1, -0.05) is 20.8 Å². The number of nitrogens with two attached hydrogens (primary N) is 1. The van der Waals surface area contributed by atoms with E-state index in [9.17, 15) is 0 Å².